The molecule has 0 spiro atoms. The number of imidazole rings is 1. The molecule has 0 atom stereocenters. The molecule has 4 nitrogen and oxygen atoms in total. The lowest BCUT2D eigenvalue weighted by Crippen LogP contribution is -2.00. The highest BCUT2D eigenvalue weighted by molar-refractivity contribution is 7.71. The van der Waals surface area contributed by atoms with Crippen LogP contribution in [-0.4, -0.2) is 19.3 Å². The molecular formula is C13H14N4S. The molecule has 0 aliphatic rings. The van der Waals surface area contributed by atoms with Crippen LogP contribution in [0.3, 0.4) is 0 Å². The molecule has 5 heteroatoms. The fourth-order valence-electron chi connectivity index (χ4n) is 2.24. The van der Waals surface area contributed by atoms with Crippen LogP contribution >= 0.6 is 12.2 Å². The van der Waals surface area contributed by atoms with E-state index in [9.17, 15) is 0 Å². The van der Waals surface area contributed by atoms with Crippen LogP contribution in [0.25, 0.3) is 16.9 Å². The fraction of sp³-hybridized carbons (Fsp3) is 0.231. The summed E-state index contributed by atoms with van der Waals surface area (Å²) < 4.78 is 4.57. The zero-order valence-electron chi connectivity index (χ0n) is 10.6. The number of hydrogen-bond donors (Lipinski definition) is 1. The van der Waals surface area contributed by atoms with Gasteiger partial charge in [0.05, 0.1) is 5.69 Å². The Hall–Kier alpha value is -1.88. The van der Waals surface area contributed by atoms with Crippen molar-refractivity contribution in [2.45, 2.75) is 13.8 Å². The minimum absolute atomic E-state index is 0.699. The van der Waals surface area contributed by atoms with E-state index < -0.39 is 0 Å². The van der Waals surface area contributed by atoms with Crippen LogP contribution in [0.5, 0.6) is 0 Å². The summed E-state index contributed by atoms with van der Waals surface area (Å²) in [5.41, 5.74) is 5.26. The van der Waals surface area contributed by atoms with E-state index in [0.717, 1.165) is 22.5 Å². The monoisotopic (exact) mass is 258 g/mol. The van der Waals surface area contributed by atoms with Gasteiger partial charge in [-0.05, 0) is 38.2 Å². The Morgan fingerprint density at radius 1 is 1.17 bits per heavy atom. The molecule has 2 aromatic heterocycles. The number of fused-ring (bicyclic) bond motifs is 1. The van der Waals surface area contributed by atoms with Gasteiger partial charge in [-0.15, -0.1) is 0 Å². The number of benzene rings is 1. The second-order valence-corrected chi connectivity index (χ2v) is 4.90. The van der Waals surface area contributed by atoms with Crippen molar-refractivity contribution < 1.29 is 0 Å². The van der Waals surface area contributed by atoms with E-state index in [4.69, 9.17) is 12.2 Å². The van der Waals surface area contributed by atoms with Gasteiger partial charge in [-0.1, -0.05) is 17.7 Å². The Balaban J connectivity index is 2.38. The van der Waals surface area contributed by atoms with E-state index in [1.807, 2.05) is 23.2 Å². The molecule has 3 aromatic rings. The van der Waals surface area contributed by atoms with Crippen LogP contribution in [-0.2, 0) is 7.05 Å². The van der Waals surface area contributed by atoms with Crippen molar-refractivity contribution in [3.05, 3.63) is 40.3 Å². The average molecular weight is 258 g/mol. The predicted octanol–water partition coefficient (Wildman–Crippen LogP) is 3.04. The fourth-order valence-corrected chi connectivity index (χ4v) is 2.54. The topological polar surface area (TPSA) is 38.5 Å². The summed E-state index contributed by atoms with van der Waals surface area (Å²) in [6.45, 7) is 4.05. The van der Waals surface area contributed by atoms with E-state index in [1.165, 1.54) is 5.56 Å². The lowest BCUT2D eigenvalue weighted by molar-refractivity contribution is 0.759. The lowest BCUT2D eigenvalue weighted by Gasteiger charge is -2.05. The van der Waals surface area contributed by atoms with Crippen LogP contribution in [0.15, 0.2) is 24.3 Å². The van der Waals surface area contributed by atoms with Crippen molar-refractivity contribution >= 4 is 23.4 Å². The number of aromatic nitrogens is 4. The maximum atomic E-state index is 5.41. The maximum Gasteiger partial charge on any atom is 0.184 e. The first-order valence-corrected chi connectivity index (χ1v) is 6.20. The number of nitrogens with zero attached hydrogens (tertiary/aromatic N) is 3. The minimum Gasteiger partial charge on any atom is -0.327 e. The first-order chi connectivity index (χ1) is 8.58. The molecule has 0 saturated carbocycles. The highest BCUT2D eigenvalue weighted by Gasteiger charge is 2.13. The molecule has 2 heterocycles. The number of hydrogen-bond acceptors (Lipinski definition) is 2. The Bertz CT molecular complexity index is 774. The molecule has 0 fully saturated rings. The quantitative estimate of drug-likeness (QED) is 0.681. The van der Waals surface area contributed by atoms with Crippen molar-refractivity contribution in [2.75, 3.05) is 0 Å². The first kappa shape index (κ1) is 11.2. The van der Waals surface area contributed by atoms with Crippen molar-refractivity contribution in [1.29, 1.82) is 0 Å². The zero-order chi connectivity index (χ0) is 12.9. The summed E-state index contributed by atoms with van der Waals surface area (Å²) in [6, 6.07) is 8.31. The molecule has 1 N–H and O–H groups in total. The van der Waals surface area contributed by atoms with Crippen molar-refractivity contribution in [1.82, 2.24) is 19.3 Å². The van der Waals surface area contributed by atoms with Gasteiger partial charge >= 0.3 is 0 Å². The molecule has 3 rings (SSSR count). The van der Waals surface area contributed by atoms with Crippen molar-refractivity contribution in [2.24, 2.45) is 7.05 Å². The van der Waals surface area contributed by atoms with Crippen LogP contribution < -0.4 is 0 Å². The van der Waals surface area contributed by atoms with Gasteiger partial charge in [-0.25, -0.2) is 4.68 Å². The molecule has 0 aliphatic heterocycles. The van der Waals surface area contributed by atoms with Gasteiger partial charge in [0.2, 0.25) is 0 Å². The molecule has 0 unspecified atom stereocenters. The van der Waals surface area contributed by atoms with Gasteiger partial charge in [0.25, 0.3) is 0 Å². The van der Waals surface area contributed by atoms with E-state index in [0.29, 0.717) is 4.77 Å². The van der Waals surface area contributed by atoms with Crippen LogP contribution in [0.1, 0.15) is 11.3 Å². The summed E-state index contributed by atoms with van der Waals surface area (Å²) in [5.74, 6) is 0. The molecule has 18 heavy (non-hydrogen) atoms. The highest BCUT2D eigenvalue weighted by atomic mass is 32.1. The van der Waals surface area contributed by atoms with Gasteiger partial charge in [0.1, 0.15) is 5.52 Å². The second-order valence-electron chi connectivity index (χ2n) is 4.51. The maximum absolute atomic E-state index is 5.41. The summed E-state index contributed by atoms with van der Waals surface area (Å²) in [5, 5.41) is 4.41. The third-order valence-corrected chi connectivity index (χ3v) is 3.42. The standard InChI is InChI=1S/C13H14N4S/c1-8-4-6-10(7-5-8)17-12-11(14-13(17)18)9(2)15-16(12)3/h4-7H,1-3H3,(H,14,18). The Kier molecular flexibility index (Phi) is 2.38. The molecule has 0 radical (unpaired) electrons. The number of nitrogens with one attached hydrogen (secondary N) is 1. The van der Waals surface area contributed by atoms with Crippen molar-refractivity contribution in [3.8, 4) is 5.69 Å². The van der Waals surface area contributed by atoms with Gasteiger partial charge < -0.3 is 4.98 Å². The number of aryl methyl sites for hydroxylation is 3. The lowest BCUT2D eigenvalue weighted by atomic mass is 10.2. The summed E-state index contributed by atoms with van der Waals surface area (Å²) in [7, 11) is 1.93. The average Bonchev–Trinajstić information content (AvgIpc) is 2.79. The second kappa shape index (κ2) is 3.81. The molecule has 0 bridgehead atoms. The van der Waals surface area contributed by atoms with Gasteiger partial charge in [-0.2, -0.15) is 5.10 Å². The summed E-state index contributed by atoms with van der Waals surface area (Å²) >= 11 is 5.41. The van der Waals surface area contributed by atoms with E-state index in [2.05, 4.69) is 41.3 Å². The predicted molar refractivity (Wildman–Crippen MR) is 74.7 cm³/mol. The molecule has 92 valence electrons. The van der Waals surface area contributed by atoms with Crippen LogP contribution in [0, 0.1) is 18.6 Å². The molecule has 0 saturated heterocycles. The largest absolute Gasteiger partial charge is 0.327 e. The highest BCUT2D eigenvalue weighted by Crippen LogP contribution is 2.21. The Morgan fingerprint density at radius 3 is 2.50 bits per heavy atom. The van der Waals surface area contributed by atoms with E-state index >= 15 is 0 Å². The molecule has 0 amide bonds. The normalized spacial score (nSPS) is 11.3. The molecule has 1 aromatic carbocycles. The Labute approximate surface area is 110 Å². The third-order valence-electron chi connectivity index (χ3n) is 3.13. The molecular weight excluding hydrogens is 244 g/mol. The van der Waals surface area contributed by atoms with Gasteiger partial charge in [-0.3, -0.25) is 4.57 Å². The number of aromatic amines is 1. The van der Waals surface area contributed by atoms with Crippen LogP contribution in [0.2, 0.25) is 0 Å². The van der Waals surface area contributed by atoms with Crippen molar-refractivity contribution in [3.63, 3.8) is 0 Å². The summed E-state index contributed by atoms with van der Waals surface area (Å²) in [4.78, 5) is 3.22. The zero-order valence-corrected chi connectivity index (χ0v) is 11.4. The molecule has 0 aliphatic carbocycles. The number of H-pyrrole nitrogens is 1. The van der Waals surface area contributed by atoms with Crippen LogP contribution in [0.4, 0.5) is 0 Å². The number of rotatable bonds is 1. The van der Waals surface area contributed by atoms with Gasteiger partial charge in [0, 0.05) is 12.7 Å². The van der Waals surface area contributed by atoms with E-state index in [-0.39, 0.29) is 0 Å². The Morgan fingerprint density at radius 2 is 1.83 bits per heavy atom. The first-order valence-electron chi connectivity index (χ1n) is 5.79. The smallest absolute Gasteiger partial charge is 0.184 e. The minimum atomic E-state index is 0.699. The SMILES string of the molecule is Cc1ccc(-n2c(=S)[nH]c3c(C)nn(C)c32)cc1. The summed E-state index contributed by atoms with van der Waals surface area (Å²) in [6.07, 6.45) is 0. The third kappa shape index (κ3) is 1.51. The van der Waals surface area contributed by atoms with E-state index in [1.54, 1.807) is 0 Å². The van der Waals surface area contributed by atoms with Gasteiger partial charge in [0.15, 0.2) is 10.4 Å².